The zero-order valence-corrected chi connectivity index (χ0v) is 17.6. The van der Waals surface area contributed by atoms with E-state index in [-0.39, 0.29) is 12.6 Å². The van der Waals surface area contributed by atoms with Crippen molar-refractivity contribution in [3.63, 3.8) is 0 Å². The molecule has 2 aromatic rings. The van der Waals surface area contributed by atoms with Crippen LogP contribution in [-0.2, 0) is 29.3 Å². The summed E-state index contributed by atoms with van der Waals surface area (Å²) in [5, 5.41) is 4.34. The van der Waals surface area contributed by atoms with Gasteiger partial charge >= 0.3 is 5.97 Å². The molecule has 2 aliphatic heterocycles. The van der Waals surface area contributed by atoms with Gasteiger partial charge in [0.15, 0.2) is 11.6 Å². The van der Waals surface area contributed by atoms with Crippen LogP contribution in [0.15, 0.2) is 18.5 Å². The summed E-state index contributed by atoms with van der Waals surface area (Å²) in [7, 11) is 0. The Hall–Kier alpha value is -2.23. The third kappa shape index (κ3) is 3.27. The molecule has 0 radical (unpaired) electrons. The van der Waals surface area contributed by atoms with Gasteiger partial charge in [-0.25, -0.2) is 9.50 Å². The van der Waals surface area contributed by atoms with Crippen molar-refractivity contribution in [2.24, 2.45) is 5.41 Å². The Bertz CT molecular complexity index is 950. The first kappa shape index (κ1) is 20.1. The van der Waals surface area contributed by atoms with Gasteiger partial charge in [-0.15, -0.1) is 0 Å². The lowest BCUT2D eigenvalue weighted by Crippen LogP contribution is -2.39. The number of fused-ring (bicyclic) bond motifs is 2. The molecule has 4 rings (SSSR count). The average molecular weight is 404 g/mol. The highest BCUT2D eigenvalue weighted by Gasteiger charge is 2.62. The van der Waals surface area contributed by atoms with Crippen molar-refractivity contribution < 1.29 is 23.7 Å². The van der Waals surface area contributed by atoms with Crippen molar-refractivity contribution in [2.45, 2.75) is 71.2 Å². The predicted molar refractivity (Wildman–Crippen MR) is 104 cm³/mol. The van der Waals surface area contributed by atoms with Crippen LogP contribution in [0, 0.1) is 5.41 Å². The molecule has 2 N–H and O–H groups in total. The zero-order valence-electron chi connectivity index (χ0n) is 17.6. The SMILES string of the molecule is CC1(C)O[C@H]2[C@@H](O1)[C@](C)(c1ccc3c(N)ncnn13)O[C@@H]2COC(=O)C(C)(C)C. The Morgan fingerprint density at radius 3 is 2.66 bits per heavy atom. The molecule has 0 amide bonds. The van der Waals surface area contributed by atoms with Crippen molar-refractivity contribution in [2.75, 3.05) is 12.3 Å². The molecule has 4 atom stereocenters. The number of nitrogens with zero attached hydrogens (tertiary/aromatic N) is 3. The van der Waals surface area contributed by atoms with E-state index in [1.807, 2.05) is 53.7 Å². The molecule has 9 heteroatoms. The predicted octanol–water partition coefficient (Wildman–Crippen LogP) is 2.03. The molecule has 2 saturated heterocycles. The van der Waals surface area contributed by atoms with Gasteiger partial charge in [0.1, 0.15) is 42.4 Å². The second-order valence-electron chi connectivity index (χ2n) is 9.29. The molecule has 0 aromatic carbocycles. The number of esters is 1. The Kier molecular flexibility index (Phi) is 4.42. The number of hydrogen-bond acceptors (Lipinski definition) is 8. The fourth-order valence-electron chi connectivity index (χ4n) is 3.97. The smallest absolute Gasteiger partial charge is 0.311 e. The number of nitrogen functional groups attached to an aromatic ring is 1. The summed E-state index contributed by atoms with van der Waals surface area (Å²) in [4.78, 5) is 16.3. The second-order valence-corrected chi connectivity index (χ2v) is 9.29. The number of carbonyl (C=O) groups excluding carboxylic acids is 1. The van der Waals surface area contributed by atoms with Gasteiger partial charge in [0.05, 0.1) is 11.1 Å². The van der Waals surface area contributed by atoms with E-state index >= 15 is 0 Å². The Balaban J connectivity index is 1.68. The van der Waals surface area contributed by atoms with Gasteiger partial charge in [-0.2, -0.15) is 5.10 Å². The normalized spacial score (nSPS) is 31.2. The minimum atomic E-state index is -0.884. The van der Waals surface area contributed by atoms with Crippen molar-refractivity contribution in [1.82, 2.24) is 14.6 Å². The Morgan fingerprint density at radius 1 is 1.24 bits per heavy atom. The number of rotatable bonds is 3. The highest BCUT2D eigenvalue weighted by atomic mass is 16.8. The first-order valence-corrected chi connectivity index (χ1v) is 9.72. The second kappa shape index (κ2) is 6.38. The van der Waals surface area contributed by atoms with E-state index in [2.05, 4.69) is 10.1 Å². The first-order valence-electron chi connectivity index (χ1n) is 9.72. The average Bonchev–Trinajstić information content (AvgIpc) is 3.25. The lowest BCUT2D eigenvalue weighted by molar-refractivity contribution is -0.215. The molecule has 0 spiro atoms. The van der Waals surface area contributed by atoms with Crippen LogP contribution in [-0.4, -0.2) is 51.3 Å². The largest absolute Gasteiger partial charge is 0.462 e. The van der Waals surface area contributed by atoms with Gasteiger partial charge in [-0.3, -0.25) is 4.79 Å². The maximum Gasteiger partial charge on any atom is 0.311 e. The van der Waals surface area contributed by atoms with E-state index in [0.29, 0.717) is 11.3 Å². The van der Waals surface area contributed by atoms with Crippen LogP contribution in [0.4, 0.5) is 5.82 Å². The van der Waals surface area contributed by atoms with Crippen LogP contribution in [0.2, 0.25) is 0 Å². The summed E-state index contributed by atoms with van der Waals surface area (Å²) < 4.78 is 26.0. The molecule has 2 aliphatic rings. The Morgan fingerprint density at radius 2 is 1.97 bits per heavy atom. The summed E-state index contributed by atoms with van der Waals surface area (Å²) in [5.74, 6) is -0.699. The van der Waals surface area contributed by atoms with E-state index in [9.17, 15) is 4.79 Å². The highest BCUT2D eigenvalue weighted by molar-refractivity contribution is 5.75. The fourth-order valence-corrected chi connectivity index (χ4v) is 3.97. The maximum atomic E-state index is 12.3. The molecule has 158 valence electrons. The molecule has 0 saturated carbocycles. The fraction of sp³-hybridized carbons (Fsp3) is 0.650. The number of aromatic nitrogens is 3. The quantitative estimate of drug-likeness (QED) is 0.774. The van der Waals surface area contributed by atoms with Crippen LogP contribution in [0.1, 0.15) is 47.2 Å². The molecular weight excluding hydrogens is 376 g/mol. The highest BCUT2D eigenvalue weighted by Crippen LogP contribution is 2.49. The summed E-state index contributed by atoms with van der Waals surface area (Å²) in [5.41, 5.74) is 5.95. The van der Waals surface area contributed by atoms with Gasteiger partial charge in [0, 0.05) is 0 Å². The van der Waals surface area contributed by atoms with Crippen LogP contribution < -0.4 is 5.73 Å². The van der Waals surface area contributed by atoms with Gasteiger partial charge in [0.25, 0.3) is 0 Å². The lowest BCUT2D eigenvalue weighted by atomic mass is 9.93. The van der Waals surface area contributed by atoms with Gasteiger partial charge in [-0.1, -0.05) is 0 Å². The molecule has 29 heavy (non-hydrogen) atoms. The zero-order chi connectivity index (χ0) is 21.2. The molecular formula is C20H28N4O5. The van der Waals surface area contributed by atoms with E-state index < -0.39 is 35.1 Å². The van der Waals surface area contributed by atoms with Crippen molar-refractivity contribution in [1.29, 1.82) is 0 Å². The molecule has 4 heterocycles. The summed E-state index contributed by atoms with van der Waals surface area (Å²) >= 11 is 0. The molecule has 2 fully saturated rings. The van der Waals surface area contributed by atoms with Crippen molar-refractivity contribution in [3.8, 4) is 0 Å². The summed E-state index contributed by atoms with van der Waals surface area (Å²) in [6.45, 7) is 11.2. The molecule has 0 unspecified atom stereocenters. The lowest BCUT2D eigenvalue weighted by Gasteiger charge is -2.31. The minimum Gasteiger partial charge on any atom is -0.462 e. The van der Waals surface area contributed by atoms with E-state index in [1.54, 1.807) is 4.52 Å². The standard InChI is InChI=1S/C20H28N4O5/c1-18(2,3)17(25)26-9-12-14-15(29-19(4,5)28-14)20(6,27-12)13-8-7-11-16(21)22-10-23-24(11)13/h7-8,10,12,14-15H,9H2,1-6H3,(H2,21,22,23)/t12-,14-,15-,20+/m1/s1. The van der Waals surface area contributed by atoms with Gasteiger partial charge in [-0.05, 0) is 53.7 Å². The van der Waals surface area contributed by atoms with Crippen LogP contribution in [0.3, 0.4) is 0 Å². The number of nitrogens with two attached hydrogens (primary N) is 1. The van der Waals surface area contributed by atoms with E-state index in [0.717, 1.165) is 5.69 Å². The summed E-state index contributed by atoms with van der Waals surface area (Å²) in [6, 6.07) is 3.75. The monoisotopic (exact) mass is 404 g/mol. The van der Waals surface area contributed by atoms with E-state index in [4.69, 9.17) is 24.7 Å². The number of ether oxygens (including phenoxy) is 4. The molecule has 0 aliphatic carbocycles. The molecule has 0 bridgehead atoms. The molecule has 9 nitrogen and oxygen atoms in total. The number of carbonyl (C=O) groups is 1. The van der Waals surface area contributed by atoms with Crippen molar-refractivity contribution >= 4 is 17.3 Å². The van der Waals surface area contributed by atoms with Gasteiger partial charge in [0.2, 0.25) is 0 Å². The van der Waals surface area contributed by atoms with Crippen LogP contribution >= 0.6 is 0 Å². The van der Waals surface area contributed by atoms with E-state index in [1.165, 1.54) is 6.33 Å². The third-order valence-corrected chi connectivity index (χ3v) is 5.42. The minimum absolute atomic E-state index is 0.0761. The summed E-state index contributed by atoms with van der Waals surface area (Å²) in [6.07, 6.45) is 0.112. The first-order chi connectivity index (χ1) is 13.4. The maximum absolute atomic E-state index is 12.3. The topological polar surface area (TPSA) is 110 Å². The molecule has 2 aromatic heterocycles. The van der Waals surface area contributed by atoms with Gasteiger partial charge < -0.3 is 24.7 Å². The third-order valence-electron chi connectivity index (χ3n) is 5.42. The number of anilines is 1. The Labute approximate surface area is 169 Å². The van der Waals surface area contributed by atoms with Crippen molar-refractivity contribution in [3.05, 3.63) is 24.2 Å². The van der Waals surface area contributed by atoms with Crippen LogP contribution in [0.25, 0.3) is 5.52 Å². The number of hydrogen-bond donors (Lipinski definition) is 1. The van der Waals surface area contributed by atoms with Crippen LogP contribution in [0.5, 0.6) is 0 Å².